The summed E-state index contributed by atoms with van der Waals surface area (Å²) in [6.45, 7) is 0. The van der Waals surface area contributed by atoms with Crippen molar-refractivity contribution >= 4 is 57.9 Å². The average Bonchev–Trinajstić information content (AvgIpc) is 3.36. The average molecular weight is 461 g/mol. The fraction of sp³-hybridized carbons (Fsp3) is 0.0500. The SMILES string of the molecule is O=C(CSc1nnc(-c2cccs2)n1-c1ccccc1)Nc1cc(Cl)cc(Cl)c1. The first-order valence-electron chi connectivity index (χ1n) is 8.53. The van der Waals surface area contributed by atoms with E-state index in [1.54, 1.807) is 29.5 Å². The maximum absolute atomic E-state index is 12.4. The number of hydrogen-bond acceptors (Lipinski definition) is 5. The number of nitrogens with zero attached hydrogens (tertiary/aromatic N) is 3. The zero-order valence-corrected chi connectivity index (χ0v) is 18.0. The van der Waals surface area contributed by atoms with Crippen LogP contribution in [0.4, 0.5) is 5.69 Å². The van der Waals surface area contributed by atoms with Crippen LogP contribution in [0, 0.1) is 0 Å². The highest BCUT2D eigenvalue weighted by Gasteiger charge is 2.18. The van der Waals surface area contributed by atoms with Crippen molar-refractivity contribution in [3.8, 4) is 16.4 Å². The Bertz CT molecular complexity index is 1110. The van der Waals surface area contributed by atoms with E-state index >= 15 is 0 Å². The van der Waals surface area contributed by atoms with Gasteiger partial charge in [-0.3, -0.25) is 9.36 Å². The first kappa shape index (κ1) is 20.0. The molecule has 2 aromatic heterocycles. The van der Waals surface area contributed by atoms with Crippen LogP contribution >= 0.6 is 46.3 Å². The zero-order chi connectivity index (χ0) is 20.2. The predicted molar refractivity (Wildman–Crippen MR) is 120 cm³/mol. The third kappa shape index (κ3) is 4.82. The molecule has 0 unspecified atom stereocenters. The lowest BCUT2D eigenvalue weighted by atomic mass is 10.3. The topological polar surface area (TPSA) is 59.8 Å². The Morgan fingerprint density at radius 1 is 1.03 bits per heavy atom. The van der Waals surface area contributed by atoms with Crippen LogP contribution in [-0.2, 0) is 4.79 Å². The molecule has 4 aromatic rings. The fourth-order valence-electron chi connectivity index (χ4n) is 2.69. The van der Waals surface area contributed by atoms with Gasteiger partial charge in [0.15, 0.2) is 11.0 Å². The number of benzene rings is 2. The van der Waals surface area contributed by atoms with Gasteiger partial charge in [-0.05, 0) is 41.8 Å². The molecule has 0 bridgehead atoms. The molecule has 0 aliphatic heterocycles. The minimum Gasteiger partial charge on any atom is -0.325 e. The quantitative estimate of drug-likeness (QED) is 0.356. The van der Waals surface area contributed by atoms with Crippen molar-refractivity contribution in [2.24, 2.45) is 0 Å². The predicted octanol–water partition coefficient (Wildman–Crippen LogP) is 6.03. The molecular weight excluding hydrogens is 447 g/mol. The fourth-order valence-corrected chi connectivity index (χ4v) is 4.67. The third-order valence-corrected chi connectivity index (χ3v) is 6.10. The summed E-state index contributed by atoms with van der Waals surface area (Å²) >= 11 is 14.9. The van der Waals surface area contributed by atoms with E-state index in [1.165, 1.54) is 11.8 Å². The molecule has 0 aliphatic rings. The van der Waals surface area contributed by atoms with E-state index in [0.29, 0.717) is 20.9 Å². The molecule has 0 radical (unpaired) electrons. The summed E-state index contributed by atoms with van der Waals surface area (Å²) in [5.74, 6) is 0.726. The molecule has 0 saturated heterocycles. The molecule has 1 N–H and O–H groups in total. The summed E-state index contributed by atoms with van der Waals surface area (Å²) in [6, 6.07) is 18.7. The molecule has 1 amide bonds. The van der Waals surface area contributed by atoms with Crippen molar-refractivity contribution in [3.63, 3.8) is 0 Å². The number of carbonyl (C=O) groups is 1. The Morgan fingerprint density at radius 3 is 2.48 bits per heavy atom. The third-order valence-electron chi connectivity index (χ3n) is 3.87. The van der Waals surface area contributed by atoms with Gasteiger partial charge in [-0.2, -0.15) is 0 Å². The van der Waals surface area contributed by atoms with E-state index in [-0.39, 0.29) is 11.7 Å². The highest BCUT2D eigenvalue weighted by Crippen LogP contribution is 2.30. The second-order valence-corrected chi connectivity index (χ2v) is 8.71. The van der Waals surface area contributed by atoms with Gasteiger partial charge in [-0.15, -0.1) is 21.5 Å². The molecule has 4 rings (SSSR count). The molecule has 2 aromatic carbocycles. The van der Waals surface area contributed by atoms with E-state index < -0.39 is 0 Å². The second kappa shape index (κ2) is 9.00. The summed E-state index contributed by atoms with van der Waals surface area (Å²) < 4.78 is 1.96. The number of anilines is 1. The molecule has 0 atom stereocenters. The minimum atomic E-state index is -0.186. The minimum absolute atomic E-state index is 0.166. The van der Waals surface area contributed by atoms with Crippen LogP contribution in [0.25, 0.3) is 16.4 Å². The number of para-hydroxylation sites is 1. The molecule has 0 aliphatic carbocycles. The molecule has 0 spiro atoms. The number of rotatable bonds is 6. The standard InChI is InChI=1S/C20H14Cl2N4OS2/c21-13-9-14(22)11-15(10-13)23-18(27)12-29-20-25-24-19(17-7-4-8-28-17)26(20)16-5-2-1-3-6-16/h1-11H,12H2,(H,23,27). The Balaban J connectivity index is 1.55. The van der Waals surface area contributed by atoms with E-state index in [0.717, 1.165) is 16.4 Å². The lowest BCUT2D eigenvalue weighted by Crippen LogP contribution is -2.14. The van der Waals surface area contributed by atoms with Crippen LogP contribution in [-0.4, -0.2) is 26.4 Å². The van der Waals surface area contributed by atoms with Crippen molar-refractivity contribution in [2.75, 3.05) is 11.1 Å². The van der Waals surface area contributed by atoms with Crippen LogP contribution in [0.15, 0.2) is 71.2 Å². The smallest absolute Gasteiger partial charge is 0.234 e. The highest BCUT2D eigenvalue weighted by molar-refractivity contribution is 7.99. The van der Waals surface area contributed by atoms with Gasteiger partial charge >= 0.3 is 0 Å². The summed E-state index contributed by atoms with van der Waals surface area (Å²) in [7, 11) is 0. The monoisotopic (exact) mass is 460 g/mol. The molecule has 9 heteroatoms. The van der Waals surface area contributed by atoms with E-state index in [9.17, 15) is 4.79 Å². The summed E-state index contributed by atoms with van der Waals surface area (Å²) in [5.41, 5.74) is 1.49. The van der Waals surface area contributed by atoms with E-state index in [1.807, 2.05) is 52.4 Å². The van der Waals surface area contributed by atoms with Gasteiger partial charge in [0.1, 0.15) is 0 Å². The van der Waals surface area contributed by atoms with Gasteiger partial charge in [0.05, 0.1) is 10.6 Å². The molecule has 146 valence electrons. The molecule has 0 fully saturated rings. The van der Waals surface area contributed by atoms with Crippen molar-refractivity contribution in [2.45, 2.75) is 5.16 Å². The van der Waals surface area contributed by atoms with E-state index in [4.69, 9.17) is 23.2 Å². The Hall–Kier alpha value is -2.32. The maximum atomic E-state index is 12.4. The highest BCUT2D eigenvalue weighted by atomic mass is 35.5. The Labute approximate surface area is 185 Å². The number of halogens is 2. The maximum Gasteiger partial charge on any atom is 0.234 e. The van der Waals surface area contributed by atoms with Gasteiger partial charge in [-0.1, -0.05) is 59.2 Å². The van der Waals surface area contributed by atoms with E-state index in [2.05, 4.69) is 15.5 Å². The Kier molecular flexibility index (Phi) is 6.20. The first-order chi connectivity index (χ1) is 14.1. The van der Waals surface area contributed by atoms with Crippen LogP contribution in [0.2, 0.25) is 10.0 Å². The first-order valence-corrected chi connectivity index (χ1v) is 11.2. The number of carbonyl (C=O) groups excluding carboxylic acids is 1. The molecule has 29 heavy (non-hydrogen) atoms. The van der Waals surface area contributed by atoms with Crippen molar-refractivity contribution < 1.29 is 4.79 Å². The van der Waals surface area contributed by atoms with Gasteiger partial charge < -0.3 is 5.32 Å². The van der Waals surface area contributed by atoms with Gasteiger partial charge in [0, 0.05) is 21.4 Å². The number of hydrogen-bond donors (Lipinski definition) is 1. The summed E-state index contributed by atoms with van der Waals surface area (Å²) in [4.78, 5) is 13.4. The number of aromatic nitrogens is 3. The number of thioether (sulfide) groups is 1. The number of amides is 1. The van der Waals surface area contributed by atoms with Crippen LogP contribution in [0.5, 0.6) is 0 Å². The van der Waals surface area contributed by atoms with Crippen molar-refractivity contribution in [1.29, 1.82) is 0 Å². The largest absolute Gasteiger partial charge is 0.325 e. The zero-order valence-electron chi connectivity index (χ0n) is 14.9. The number of nitrogens with one attached hydrogen (secondary N) is 1. The van der Waals surface area contributed by atoms with Gasteiger partial charge in [-0.25, -0.2) is 0 Å². The van der Waals surface area contributed by atoms with Crippen molar-refractivity contribution in [1.82, 2.24) is 14.8 Å². The van der Waals surface area contributed by atoms with Gasteiger partial charge in [0.25, 0.3) is 0 Å². The Morgan fingerprint density at radius 2 is 1.79 bits per heavy atom. The second-order valence-electron chi connectivity index (χ2n) is 5.95. The summed E-state index contributed by atoms with van der Waals surface area (Å²) in [6.07, 6.45) is 0. The summed E-state index contributed by atoms with van der Waals surface area (Å²) in [5, 5.41) is 15.0. The molecular formula is C20H14Cl2N4OS2. The van der Waals surface area contributed by atoms with Crippen molar-refractivity contribution in [3.05, 3.63) is 76.1 Å². The lowest BCUT2D eigenvalue weighted by molar-refractivity contribution is -0.113. The van der Waals surface area contributed by atoms with Gasteiger partial charge in [0.2, 0.25) is 5.91 Å². The normalized spacial score (nSPS) is 10.8. The molecule has 5 nitrogen and oxygen atoms in total. The van der Waals surface area contributed by atoms with Crippen LogP contribution in [0.1, 0.15) is 0 Å². The number of thiophene rings is 1. The van der Waals surface area contributed by atoms with Crippen LogP contribution in [0.3, 0.4) is 0 Å². The molecule has 2 heterocycles. The molecule has 0 saturated carbocycles. The van der Waals surface area contributed by atoms with Crippen LogP contribution < -0.4 is 5.32 Å². The lowest BCUT2D eigenvalue weighted by Gasteiger charge is -2.10.